The summed E-state index contributed by atoms with van der Waals surface area (Å²) in [7, 11) is 0. The van der Waals surface area contributed by atoms with Gasteiger partial charge in [-0.1, -0.05) is 28.9 Å². The number of fused-ring (bicyclic) bond motifs is 2. The van der Waals surface area contributed by atoms with Crippen molar-refractivity contribution in [1.82, 2.24) is 9.72 Å². The predicted octanol–water partition coefficient (Wildman–Crippen LogP) is 2.88. The SMILES string of the molecule is Cc1c(-c2noc3cc(Cl)ccc23)c2ccc(OC(F)(F)F)cc2n1Cc1cccc(O[C@H](C)C(=O)[O-])c1.[Na+]. The van der Waals surface area contributed by atoms with E-state index < -0.39 is 18.4 Å². The summed E-state index contributed by atoms with van der Waals surface area (Å²) >= 11 is 6.08. The fraction of sp³-hybridized carbons (Fsp3) is 0.185. The quantitative estimate of drug-likeness (QED) is 0.282. The van der Waals surface area contributed by atoms with E-state index in [0.29, 0.717) is 49.6 Å². The maximum absolute atomic E-state index is 13.0. The molecule has 0 saturated heterocycles. The molecular weight excluding hydrogens is 548 g/mol. The Morgan fingerprint density at radius 3 is 2.56 bits per heavy atom. The Bertz CT molecular complexity index is 1680. The van der Waals surface area contributed by atoms with Crippen molar-refractivity contribution in [3.63, 3.8) is 0 Å². The second kappa shape index (κ2) is 11.1. The average molecular weight is 567 g/mol. The number of carboxylic acid groups (broad SMARTS) is 1. The second-order valence-electron chi connectivity index (χ2n) is 8.67. The molecular formula is C27H19ClF3N2NaO5. The van der Waals surface area contributed by atoms with E-state index in [-0.39, 0.29) is 41.9 Å². The number of aromatic nitrogens is 2. The number of alkyl halides is 3. The monoisotopic (exact) mass is 566 g/mol. The summed E-state index contributed by atoms with van der Waals surface area (Å²) in [5, 5.41) is 17.1. The Hall–Kier alpha value is -3.18. The molecule has 0 saturated carbocycles. The molecule has 5 rings (SSSR count). The Kier molecular flexibility index (Phi) is 8.22. The number of halogens is 4. The van der Waals surface area contributed by atoms with Gasteiger partial charge in [0.15, 0.2) is 5.58 Å². The summed E-state index contributed by atoms with van der Waals surface area (Å²) in [5.74, 6) is -1.41. The summed E-state index contributed by atoms with van der Waals surface area (Å²) in [5.41, 5.74) is 3.57. The van der Waals surface area contributed by atoms with Gasteiger partial charge < -0.3 is 28.5 Å². The third kappa shape index (κ3) is 6.04. The van der Waals surface area contributed by atoms with Crippen molar-refractivity contribution in [2.45, 2.75) is 32.9 Å². The van der Waals surface area contributed by atoms with Gasteiger partial charge in [0.05, 0.1) is 11.5 Å². The fourth-order valence-corrected chi connectivity index (χ4v) is 4.56. The summed E-state index contributed by atoms with van der Waals surface area (Å²) in [6.07, 6.45) is -6.02. The molecule has 0 fully saturated rings. The van der Waals surface area contributed by atoms with E-state index in [1.54, 1.807) is 48.5 Å². The molecule has 0 radical (unpaired) electrons. The first-order valence-corrected chi connectivity index (χ1v) is 11.8. The van der Waals surface area contributed by atoms with Crippen LogP contribution in [0.3, 0.4) is 0 Å². The number of carbonyl (C=O) groups excluding carboxylic acids is 1. The van der Waals surface area contributed by atoms with Gasteiger partial charge in [-0.15, -0.1) is 13.2 Å². The topological polar surface area (TPSA) is 89.6 Å². The standard InChI is InChI=1S/C27H20ClF3N2O5.Na/c1-14-24(25-21-8-6-17(28)11-23(21)38-32-25)20-9-7-19(37-27(29,30)31)12-22(20)33(14)13-16-4-3-5-18(10-16)36-15(2)26(34)35;/h3-12,15H,13H2,1-2H3,(H,34,35);/q;+1/p-1/t15-;/m1./s1. The van der Waals surface area contributed by atoms with Gasteiger partial charge in [0, 0.05) is 45.7 Å². The summed E-state index contributed by atoms with van der Waals surface area (Å²) < 4.78 is 55.9. The van der Waals surface area contributed by atoms with Crippen molar-refractivity contribution in [3.8, 4) is 22.8 Å². The van der Waals surface area contributed by atoms with Crippen molar-refractivity contribution >= 4 is 39.4 Å². The molecule has 2 aromatic heterocycles. The van der Waals surface area contributed by atoms with Crippen LogP contribution in [0.5, 0.6) is 11.5 Å². The molecule has 196 valence electrons. The van der Waals surface area contributed by atoms with Gasteiger partial charge in [-0.25, -0.2) is 0 Å². The minimum absolute atomic E-state index is 0. The third-order valence-electron chi connectivity index (χ3n) is 6.08. The molecule has 0 N–H and O–H groups in total. The van der Waals surface area contributed by atoms with Gasteiger partial charge in [-0.05, 0) is 55.8 Å². The number of ether oxygens (including phenoxy) is 2. The molecule has 0 aliphatic heterocycles. The van der Waals surface area contributed by atoms with Crippen LogP contribution in [0.25, 0.3) is 33.1 Å². The van der Waals surface area contributed by atoms with E-state index in [0.717, 1.165) is 5.56 Å². The van der Waals surface area contributed by atoms with Crippen LogP contribution in [0.15, 0.2) is 65.2 Å². The predicted molar refractivity (Wildman–Crippen MR) is 132 cm³/mol. The molecule has 3 aromatic carbocycles. The van der Waals surface area contributed by atoms with Gasteiger partial charge >= 0.3 is 35.9 Å². The molecule has 12 heteroatoms. The van der Waals surface area contributed by atoms with Crippen molar-refractivity contribution in [2.75, 3.05) is 0 Å². The number of carboxylic acids is 1. The first kappa shape index (κ1) is 28.8. The van der Waals surface area contributed by atoms with Crippen LogP contribution in [0.2, 0.25) is 5.02 Å². The van der Waals surface area contributed by atoms with Crippen LogP contribution < -0.4 is 44.1 Å². The largest absolute Gasteiger partial charge is 1.00 e. The van der Waals surface area contributed by atoms with Crippen LogP contribution in [-0.4, -0.2) is 28.2 Å². The minimum Gasteiger partial charge on any atom is -0.546 e. The van der Waals surface area contributed by atoms with Crippen molar-refractivity contribution in [3.05, 3.63) is 76.9 Å². The van der Waals surface area contributed by atoms with Crippen molar-refractivity contribution in [2.24, 2.45) is 0 Å². The normalized spacial score (nSPS) is 12.4. The molecule has 0 unspecified atom stereocenters. The summed E-state index contributed by atoms with van der Waals surface area (Å²) in [6.45, 7) is 3.42. The Labute approximate surface area is 247 Å². The van der Waals surface area contributed by atoms with E-state index in [1.807, 2.05) is 11.5 Å². The van der Waals surface area contributed by atoms with E-state index in [2.05, 4.69) is 9.89 Å². The Balaban J connectivity index is 0.00000353. The number of rotatable bonds is 7. The van der Waals surface area contributed by atoms with Gasteiger partial charge in [-0.3, -0.25) is 0 Å². The first-order valence-electron chi connectivity index (χ1n) is 11.4. The van der Waals surface area contributed by atoms with Crippen molar-refractivity contribution < 1.29 is 66.6 Å². The molecule has 39 heavy (non-hydrogen) atoms. The average Bonchev–Trinajstić information content (AvgIpc) is 3.36. The van der Waals surface area contributed by atoms with E-state index in [9.17, 15) is 23.1 Å². The van der Waals surface area contributed by atoms with Gasteiger partial charge in [0.2, 0.25) is 0 Å². The molecule has 7 nitrogen and oxygen atoms in total. The summed E-state index contributed by atoms with van der Waals surface area (Å²) in [4.78, 5) is 11.1. The number of benzene rings is 3. The number of aliphatic carboxylic acids is 1. The number of carbonyl (C=O) groups is 1. The number of hydrogen-bond acceptors (Lipinski definition) is 6. The number of hydrogen-bond donors (Lipinski definition) is 0. The van der Waals surface area contributed by atoms with Gasteiger partial charge in [-0.2, -0.15) is 0 Å². The number of nitrogens with zero attached hydrogens (tertiary/aromatic N) is 2. The Morgan fingerprint density at radius 2 is 1.85 bits per heavy atom. The van der Waals surface area contributed by atoms with Gasteiger partial charge in [0.1, 0.15) is 23.3 Å². The zero-order valence-corrected chi connectivity index (χ0v) is 23.8. The molecule has 5 aromatic rings. The fourth-order valence-electron chi connectivity index (χ4n) is 4.40. The third-order valence-corrected chi connectivity index (χ3v) is 6.32. The van der Waals surface area contributed by atoms with Crippen molar-refractivity contribution in [1.29, 1.82) is 0 Å². The first-order chi connectivity index (χ1) is 18.0. The Morgan fingerprint density at radius 1 is 1.10 bits per heavy atom. The minimum atomic E-state index is -4.86. The molecule has 0 bridgehead atoms. The van der Waals surface area contributed by atoms with Crippen LogP contribution in [-0.2, 0) is 11.3 Å². The van der Waals surface area contributed by atoms with Crippen LogP contribution >= 0.6 is 11.6 Å². The van der Waals surface area contributed by atoms with Crippen LogP contribution in [0.1, 0.15) is 18.2 Å². The summed E-state index contributed by atoms with van der Waals surface area (Å²) in [6, 6.07) is 16.0. The van der Waals surface area contributed by atoms with Crippen LogP contribution in [0.4, 0.5) is 13.2 Å². The van der Waals surface area contributed by atoms with Crippen LogP contribution in [0, 0.1) is 6.92 Å². The maximum atomic E-state index is 13.0. The molecule has 0 spiro atoms. The molecule has 1 atom stereocenters. The van der Waals surface area contributed by atoms with E-state index in [1.165, 1.54) is 19.1 Å². The molecule has 0 amide bonds. The maximum Gasteiger partial charge on any atom is 1.00 e. The smallest absolute Gasteiger partial charge is 0.546 e. The molecule has 0 aliphatic rings. The van der Waals surface area contributed by atoms with E-state index in [4.69, 9.17) is 20.9 Å². The van der Waals surface area contributed by atoms with Gasteiger partial charge in [0.25, 0.3) is 0 Å². The van der Waals surface area contributed by atoms with E-state index >= 15 is 0 Å². The second-order valence-corrected chi connectivity index (χ2v) is 9.11. The zero-order chi connectivity index (χ0) is 27.2. The molecule has 2 heterocycles. The molecule has 0 aliphatic carbocycles. The zero-order valence-electron chi connectivity index (χ0n) is 21.0.